The maximum absolute atomic E-state index is 12.7. The summed E-state index contributed by atoms with van der Waals surface area (Å²) in [5.41, 5.74) is 5.32. The molecular weight excluding hydrogens is 498 g/mol. The van der Waals surface area contributed by atoms with Crippen LogP contribution >= 0.6 is 0 Å². The Balaban J connectivity index is 1.33. The third kappa shape index (κ3) is 5.34. The van der Waals surface area contributed by atoms with Crippen molar-refractivity contribution in [2.24, 2.45) is 0 Å². The Labute approximate surface area is 222 Å². The molecule has 1 aliphatic rings. The molecule has 7 heteroatoms. The molecule has 194 valence electrons. The summed E-state index contributed by atoms with van der Waals surface area (Å²) in [5.74, 6) is 0.302. The minimum atomic E-state index is -3.47. The zero-order valence-electron chi connectivity index (χ0n) is 21.4. The molecule has 6 nitrogen and oxygen atoms in total. The number of hydrogen-bond acceptors (Lipinski definition) is 6. The van der Waals surface area contributed by atoms with E-state index in [1.54, 1.807) is 25.1 Å². The maximum Gasteiger partial charge on any atom is 0.316 e. The Bertz CT molecular complexity index is 1560. The van der Waals surface area contributed by atoms with Crippen molar-refractivity contribution in [2.75, 3.05) is 6.61 Å². The molecule has 3 aromatic carbocycles. The molecule has 0 radical (unpaired) electrons. The first-order chi connectivity index (χ1) is 18.3. The van der Waals surface area contributed by atoms with Gasteiger partial charge in [-0.3, -0.25) is 4.79 Å². The number of aryl methyl sites for hydroxylation is 1. The van der Waals surface area contributed by atoms with Crippen molar-refractivity contribution < 1.29 is 22.5 Å². The second-order valence-electron chi connectivity index (χ2n) is 9.56. The average molecular weight is 528 g/mol. The predicted octanol–water partition coefficient (Wildman–Crippen LogP) is 6.50. The van der Waals surface area contributed by atoms with Gasteiger partial charge in [-0.1, -0.05) is 84.0 Å². The summed E-state index contributed by atoms with van der Waals surface area (Å²) in [7, 11) is -3.47. The lowest BCUT2D eigenvalue weighted by molar-refractivity contribution is -0.146. The number of nitrogens with zero attached hydrogens (tertiary/aromatic N) is 1. The highest BCUT2D eigenvalue weighted by molar-refractivity contribution is 7.93. The molecule has 1 heterocycles. The van der Waals surface area contributed by atoms with Crippen LogP contribution in [-0.4, -0.2) is 26.2 Å². The second-order valence-corrected chi connectivity index (χ2v) is 11.5. The molecule has 0 bridgehead atoms. The number of rotatable bonds is 9. The first kappa shape index (κ1) is 25.7. The lowest BCUT2D eigenvalue weighted by atomic mass is 9.93. The smallest absolute Gasteiger partial charge is 0.316 e. The number of hydrogen-bond donors (Lipinski definition) is 0. The minimum absolute atomic E-state index is 0.0710. The SMILES string of the molecule is CCOC(=O)C1(c2ccc(-c3ccc(-c4onc(C)c4C=CS(=O)(=O)Cc4ccccc4)cc3)cc2)CC1. The van der Waals surface area contributed by atoms with Crippen molar-refractivity contribution >= 4 is 21.9 Å². The molecule has 1 aromatic heterocycles. The second kappa shape index (κ2) is 10.4. The molecule has 0 N–H and O–H groups in total. The van der Waals surface area contributed by atoms with Crippen LogP contribution in [-0.2, 0) is 30.5 Å². The van der Waals surface area contributed by atoms with Gasteiger partial charge in [0.2, 0.25) is 0 Å². The highest BCUT2D eigenvalue weighted by Gasteiger charge is 2.52. The van der Waals surface area contributed by atoms with E-state index in [9.17, 15) is 13.2 Å². The molecule has 4 aromatic rings. The van der Waals surface area contributed by atoms with Gasteiger partial charge in [0.05, 0.1) is 23.5 Å². The van der Waals surface area contributed by atoms with Crippen LogP contribution < -0.4 is 0 Å². The Morgan fingerprint density at radius 2 is 1.55 bits per heavy atom. The van der Waals surface area contributed by atoms with Gasteiger partial charge in [-0.15, -0.1) is 0 Å². The summed E-state index contributed by atoms with van der Waals surface area (Å²) in [6.07, 6.45) is 3.20. The van der Waals surface area contributed by atoms with Crippen molar-refractivity contribution in [3.8, 4) is 22.5 Å². The lowest BCUT2D eigenvalue weighted by Gasteiger charge is -2.14. The van der Waals surface area contributed by atoms with Gasteiger partial charge in [0, 0.05) is 16.5 Å². The third-order valence-corrected chi connectivity index (χ3v) is 8.18. The molecule has 0 unspecified atom stereocenters. The van der Waals surface area contributed by atoms with Gasteiger partial charge in [-0.25, -0.2) is 8.42 Å². The molecular formula is C31H29NO5S. The highest BCUT2D eigenvalue weighted by atomic mass is 32.2. The van der Waals surface area contributed by atoms with Crippen molar-refractivity contribution in [2.45, 2.75) is 37.9 Å². The third-order valence-electron chi connectivity index (χ3n) is 6.90. The van der Waals surface area contributed by atoms with Crippen LogP contribution in [0.15, 0.2) is 88.8 Å². The monoisotopic (exact) mass is 527 g/mol. The first-order valence-electron chi connectivity index (χ1n) is 12.6. The molecule has 5 rings (SSSR count). The van der Waals surface area contributed by atoms with E-state index >= 15 is 0 Å². The molecule has 0 saturated heterocycles. The Morgan fingerprint density at radius 3 is 2.16 bits per heavy atom. The number of carbonyl (C=O) groups excluding carboxylic acids is 1. The summed E-state index contributed by atoms with van der Waals surface area (Å²) in [4.78, 5) is 12.4. The molecule has 1 saturated carbocycles. The van der Waals surface area contributed by atoms with E-state index in [1.165, 1.54) is 5.41 Å². The summed E-state index contributed by atoms with van der Waals surface area (Å²) < 4.78 is 36.2. The number of esters is 1. The number of ether oxygens (including phenoxy) is 1. The van der Waals surface area contributed by atoms with E-state index in [0.29, 0.717) is 23.6 Å². The summed E-state index contributed by atoms with van der Waals surface area (Å²) in [5, 5.41) is 5.29. The molecule has 1 aliphatic carbocycles. The Hall–Kier alpha value is -3.97. The normalized spacial score (nSPS) is 14.5. The molecule has 0 aliphatic heterocycles. The van der Waals surface area contributed by atoms with Crippen LogP contribution in [0.2, 0.25) is 0 Å². The van der Waals surface area contributed by atoms with Crippen molar-refractivity contribution in [3.05, 3.63) is 107 Å². The Kier molecular flexibility index (Phi) is 7.04. The van der Waals surface area contributed by atoms with Crippen LogP contribution in [0.1, 0.15) is 42.1 Å². The van der Waals surface area contributed by atoms with Crippen LogP contribution in [0.5, 0.6) is 0 Å². The summed E-state index contributed by atoms with van der Waals surface area (Å²) in [6, 6.07) is 25.0. The van der Waals surface area contributed by atoms with E-state index in [0.717, 1.165) is 40.7 Å². The first-order valence-corrected chi connectivity index (χ1v) is 14.3. The number of carbonyl (C=O) groups is 1. The van der Waals surface area contributed by atoms with Gasteiger partial charge in [-0.05, 0) is 55.0 Å². The zero-order chi connectivity index (χ0) is 26.8. The lowest BCUT2D eigenvalue weighted by Crippen LogP contribution is -2.23. The topological polar surface area (TPSA) is 86.5 Å². The molecule has 0 spiro atoms. The van der Waals surface area contributed by atoms with Gasteiger partial charge in [0.25, 0.3) is 0 Å². The van der Waals surface area contributed by atoms with Crippen molar-refractivity contribution in [1.82, 2.24) is 5.16 Å². The van der Waals surface area contributed by atoms with E-state index in [-0.39, 0.29) is 11.7 Å². The minimum Gasteiger partial charge on any atom is -0.465 e. The van der Waals surface area contributed by atoms with E-state index in [1.807, 2.05) is 73.7 Å². The van der Waals surface area contributed by atoms with Gasteiger partial charge >= 0.3 is 5.97 Å². The molecule has 0 amide bonds. The van der Waals surface area contributed by atoms with E-state index in [2.05, 4.69) is 5.16 Å². The molecule has 1 fully saturated rings. The van der Waals surface area contributed by atoms with Gasteiger partial charge < -0.3 is 9.26 Å². The fraction of sp³-hybridized carbons (Fsp3) is 0.226. The summed E-state index contributed by atoms with van der Waals surface area (Å²) in [6.45, 7) is 4.00. The van der Waals surface area contributed by atoms with Crippen LogP contribution in [0.4, 0.5) is 0 Å². The quantitative estimate of drug-likeness (QED) is 0.231. The standard InChI is InChI=1S/C31H29NO5S/c1-3-36-30(33)31(18-19-31)27-15-13-25(14-16-27)24-9-11-26(12-10-24)29-28(22(2)32-37-29)17-20-38(34,35)21-23-7-5-4-6-8-23/h4-17,20H,3,18-19,21H2,1-2H3. The number of benzene rings is 3. The van der Waals surface area contributed by atoms with Crippen LogP contribution in [0.3, 0.4) is 0 Å². The van der Waals surface area contributed by atoms with E-state index in [4.69, 9.17) is 9.26 Å². The highest BCUT2D eigenvalue weighted by Crippen LogP contribution is 2.49. The maximum atomic E-state index is 12.7. The van der Waals surface area contributed by atoms with Crippen molar-refractivity contribution in [1.29, 1.82) is 0 Å². The largest absolute Gasteiger partial charge is 0.465 e. The van der Waals surface area contributed by atoms with Crippen LogP contribution in [0.25, 0.3) is 28.5 Å². The average Bonchev–Trinajstić information content (AvgIpc) is 3.65. The fourth-order valence-corrected chi connectivity index (χ4v) is 5.70. The fourth-order valence-electron chi connectivity index (χ4n) is 4.61. The molecule has 38 heavy (non-hydrogen) atoms. The van der Waals surface area contributed by atoms with Crippen molar-refractivity contribution in [3.63, 3.8) is 0 Å². The van der Waals surface area contributed by atoms with Crippen LogP contribution in [0, 0.1) is 6.92 Å². The van der Waals surface area contributed by atoms with Gasteiger partial charge in [0.15, 0.2) is 15.6 Å². The van der Waals surface area contributed by atoms with Gasteiger partial charge in [0.1, 0.15) is 0 Å². The molecule has 0 atom stereocenters. The zero-order valence-corrected chi connectivity index (χ0v) is 22.2. The van der Waals surface area contributed by atoms with E-state index < -0.39 is 15.3 Å². The Morgan fingerprint density at radius 1 is 0.947 bits per heavy atom. The van der Waals surface area contributed by atoms with Gasteiger partial charge in [-0.2, -0.15) is 0 Å². The predicted molar refractivity (Wildman–Crippen MR) is 148 cm³/mol. The number of aromatic nitrogens is 1. The number of sulfone groups is 1. The summed E-state index contributed by atoms with van der Waals surface area (Å²) >= 11 is 0.